The van der Waals surface area contributed by atoms with Crippen molar-refractivity contribution in [2.45, 2.75) is 94.2 Å². The smallest absolute Gasteiger partial charge is 0.227 e. The second-order valence-electron chi connectivity index (χ2n) is 12.7. The minimum Gasteiger partial charge on any atom is -0.350 e. The maximum atomic E-state index is 15.4. The molecule has 0 radical (unpaired) electrons. The molecule has 7 N–H and O–H groups in total. The summed E-state index contributed by atoms with van der Waals surface area (Å²) < 4.78 is 43.0. The molecule has 1 saturated carbocycles. The predicted molar refractivity (Wildman–Crippen MR) is 142 cm³/mol. The lowest BCUT2D eigenvalue weighted by atomic mass is 9.61. The van der Waals surface area contributed by atoms with E-state index >= 15 is 4.39 Å². The largest absolute Gasteiger partial charge is 0.350 e. The highest BCUT2D eigenvalue weighted by molar-refractivity contribution is 5.81. The first kappa shape index (κ1) is 29.0. The Bertz CT molecular complexity index is 864. The maximum absolute atomic E-state index is 15.4. The normalized spacial score (nSPS) is 35.5. The van der Waals surface area contributed by atoms with Crippen LogP contribution in [0.2, 0.25) is 0 Å². The van der Waals surface area contributed by atoms with E-state index in [1.54, 1.807) is 4.90 Å². The second kappa shape index (κ2) is 12.2. The summed E-state index contributed by atoms with van der Waals surface area (Å²) in [6, 6.07) is -1.40. The minimum absolute atomic E-state index is 0.0123. The molecule has 5 aliphatic rings. The summed E-state index contributed by atoms with van der Waals surface area (Å²) in [6.45, 7) is 2.15. The molecule has 4 heterocycles. The molecule has 9 nitrogen and oxygen atoms in total. The Labute approximate surface area is 229 Å². The lowest BCUT2D eigenvalue weighted by Gasteiger charge is -2.48. The van der Waals surface area contributed by atoms with Gasteiger partial charge in [0.15, 0.2) is 0 Å². The second-order valence-corrected chi connectivity index (χ2v) is 12.7. The Morgan fingerprint density at radius 2 is 1.67 bits per heavy atom. The monoisotopic (exact) mass is 557 g/mol. The minimum atomic E-state index is -1.20. The van der Waals surface area contributed by atoms with Crippen LogP contribution in [0.5, 0.6) is 0 Å². The number of likely N-dealkylation sites (tertiary alicyclic amines) is 2. The molecule has 1 spiro atoms. The third kappa shape index (κ3) is 6.39. The number of carbonyl (C=O) groups is 2. The van der Waals surface area contributed by atoms with Crippen molar-refractivity contribution in [2.24, 2.45) is 28.7 Å². The van der Waals surface area contributed by atoms with Gasteiger partial charge in [-0.25, -0.2) is 13.2 Å². The molecule has 12 heteroatoms. The molecule has 39 heavy (non-hydrogen) atoms. The lowest BCUT2D eigenvalue weighted by Crippen LogP contribution is -2.68. The van der Waals surface area contributed by atoms with Crippen LogP contribution >= 0.6 is 0 Å². The molecule has 0 bridgehead atoms. The number of hydrogen-bond donors (Lipinski definition) is 5. The third-order valence-corrected chi connectivity index (χ3v) is 10.1. The van der Waals surface area contributed by atoms with Crippen LogP contribution in [-0.4, -0.2) is 110 Å². The molecule has 4 aliphatic heterocycles. The van der Waals surface area contributed by atoms with E-state index in [2.05, 4.69) is 16.0 Å². The van der Waals surface area contributed by atoms with E-state index in [-0.39, 0.29) is 55.4 Å². The number of alkyl halides is 3. The van der Waals surface area contributed by atoms with Crippen LogP contribution in [0, 0.1) is 17.3 Å². The van der Waals surface area contributed by atoms with E-state index in [0.717, 1.165) is 32.1 Å². The SMILES string of the molecule is NC(N)C(C(=O)NC1CNCC(F)C1N1CCC(C(=O)N2CC(F)C2)CC1)C1CC2(CCC2)CCC(F)CN1. The zero-order valence-corrected chi connectivity index (χ0v) is 22.8. The topological polar surface area (TPSA) is 129 Å². The first-order valence-electron chi connectivity index (χ1n) is 14.9. The van der Waals surface area contributed by atoms with Crippen molar-refractivity contribution in [1.29, 1.82) is 0 Å². The summed E-state index contributed by atoms with van der Waals surface area (Å²) in [7, 11) is 0. The Kier molecular flexibility index (Phi) is 9.07. The maximum Gasteiger partial charge on any atom is 0.227 e. The van der Waals surface area contributed by atoms with E-state index in [9.17, 15) is 18.4 Å². The van der Waals surface area contributed by atoms with Crippen molar-refractivity contribution in [3.63, 3.8) is 0 Å². The third-order valence-electron chi connectivity index (χ3n) is 10.1. The van der Waals surface area contributed by atoms with Gasteiger partial charge in [-0.05, 0) is 63.5 Å². The summed E-state index contributed by atoms with van der Waals surface area (Å²) >= 11 is 0. The van der Waals surface area contributed by atoms with Crippen LogP contribution < -0.4 is 27.4 Å². The number of carbonyl (C=O) groups excluding carboxylic acids is 2. The molecule has 0 aromatic carbocycles. The van der Waals surface area contributed by atoms with Gasteiger partial charge < -0.3 is 32.3 Å². The number of rotatable bonds is 6. The first-order chi connectivity index (χ1) is 18.7. The number of nitrogens with one attached hydrogen (secondary N) is 3. The average molecular weight is 558 g/mol. The van der Waals surface area contributed by atoms with Gasteiger partial charge in [0.1, 0.15) is 18.5 Å². The molecule has 0 aromatic heterocycles. The van der Waals surface area contributed by atoms with Crippen molar-refractivity contribution in [1.82, 2.24) is 25.8 Å². The van der Waals surface area contributed by atoms with Gasteiger partial charge in [0.2, 0.25) is 11.8 Å². The van der Waals surface area contributed by atoms with E-state index in [1.807, 2.05) is 4.90 Å². The van der Waals surface area contributed by atoms with Crippen molar-refractivity contribution in [3.8, 4) is 0 Å². The fourth-order valence-corrected chi connectivity index (χ4v) is 7.57. The number of nitrogens with two attached hydrogens (primary N) is 2. The van der Waals surface area contributed by atoms with Crippen LogP contribution in [0.4, 0.5) is 13.2 Å². The van der Waals surface area contributed by atoms with Gasteiger partial charge in [-0.1, -0.05) is 6.42 Å². The van der Waals surface area contributed by atoms with Crippen LogP contribution in [0.25, 0.3) is 0 Å². The Balaban J connectivity index is 1.23. The van der Waals surface area contributed by atoms with Crippen LogP contribution in [0.3, 0.4) is 0 Å². The van der Waals surface area contributed by atoms with Gasteiger partial charge in [-0.3, -0.25) is 14.5 Å². The van der Waals surface area contributed by atoms with Crippen molar-refractivity contribution < 1.29 is 22.8 Å². The van der Waals surface area contributed by atoms with Crippen LogP contribution in [-0.2, 0) is 9.59 Å². The van der Waals surface area contributed by atoms with Crippen LogP contribution in [0.15, 0.2) is 0 Å². The molecular weight excluding hydrogens is 511 g/mol. The van der Waals surface area contributed by atoms with Gasteiger partial charge in [0.05, 0.1) is 37.3 Å². The molecule has 222 valence electrons. The Morgan fingerprint density at radius 3 is 2.28 bits per heavy atom. The molecule has 6 unspecified atom stereocenters. The molecule has 0 aromatic rings. The molecule has 5 rings (SSSR count). The van der Waals surface area contributed by atoms with Gasteiger partial charge in [0, 0.05) is 31.6 Å². The highest BCUT2D eigenvalue weighted by Crippen LogP contribution is 2.50. The molecule has 5 fully saturated rings. The number of nitrogens with zero attached hydrogens (tertiary/aromatic N) is 2. The van der Waals surface area contributed by atoms with Gasteiger partial charge in [-0.2, -0.15) is 0 Å². The molecule has 4 saturated heterocycles. The molecule has 2 amide bonds. The molecular formula is C27H46F3N7O2. The fourth-order valence-electron chi connectivity index (χ4n) is 7.57. The summed E-state index contributed by atoms with van der Waals surface area (Å²) in [5, 5.41) is 9.41. The van der Waals surface area contributed by atoms with Gasteiger partial charge >= 0.3 is 0 Å². The molecule has 6 atom stereocenters. The van der Waals surface area contributed by atoms with Crippen LogP contribution in [0.1, 0.15) is 51.4 Å². The Hall–Kier alpha value is -1.47. The number of piperidine rings is 2. The van der Waals surface area contributed by atoms with Gasteiger partial charge in [0.25, 0.3) is 0 Å². The highest BCUT2D eigenvalue weighted by Gasteiger charge is 2.46. The first-order valence-corrected chi connectivity index (χ1v) is 14.9. The van der Waals surface area contributed by atoms with E-state index in [0.29, 0.717) is 38.9 Å². The van der Waals surface area contributed by atoms with Crippen molar-refractivity contribution >= 4 is 11.8 Å². The highest BCUT2D eigenvalue weighted by atomic mass is 19.1. The zero-order valence-electron chi connectivity index (χ0n) is 22.8. The number of hydrogen-bond acceptors (Lipinski definition) is 7. The summed E-state index contributed by atoms with van der Waals surface area (Å²) in [5.41, 5.74) is 12.4. The van der Waals surface area contributed by atoms with Crippen molar-refractivity contribution in [3.05, 3.63) is 0 Å². The summed E-state index contributed by atoms with van der Waals surface area (Å²) in [6.07, 6.45) is 2.33. The van der Waals surface area contributed by atoms with E-state index in [4.69, 9.17) is 11.5 Å². The quantitative estimate of drug-likeness (QED) is 0.295. The average Bonchev–Trinajstić information content (AvgIpc) is 2.85. The van der Waals surface area contributed by atoms with E-state index < -0.39 is 42.7 Å². The fraction of sp³-hybridized carbons (Fsp3) is 0.926. The van der Waals surface area contributed by atoms with Crippen molar-refractivity contribution in [2.75, 3.05) is 45.8 Å². The van der Waals surface area contributed by atoms with E-state index in [1.165, 1.54) is 0 Å². The zero-order chi connectivity index (χ0) is 27.7. The molecule has 1 aliphatic carbocycles. The lowest BCUT2D eigenvalue weighted by molar-refractivity contribution is -0.144. The number of halogens is 3. The standard InChI is InChI=1S/C27H46F3N7O2/c28-17-2-7-27(5-1-6-27)10-20(34-11-17)22(24(31)32)25(38)35-21-13-33-12-19(30)23(21)36-8-3-16(4-9-36)26(39)37-14-18(29)15-37/h16-24,33-34H,1-15,31-32H2,(H,35,38). The summed E-state index contributed by atoms with van der Waals surface area (Å²) in [4.78, 5) is 30.0. The summed E-state index contributed by atoms with van der Waals surface area (Å²) in [5.74, 6) is -1.29. The number of amides is 2. The predicted octanol–water partition coefficient (Wildman–Crippen LogP) is 0.184. The van der Waals surface area contributed by atoms with Gasteiger partial charge in [-0.15, -0.1) is 0 Å². The Morgan fingerprint density at radius 1 is 0.949 bits per heavy atom.